The van der Waals surface area contributed by atoms with Crippen LogP contribution >= 0.6 is 0 Å². The van der Waals surface area contributed by atoms with Crippen LogP contribution in [0, 0.1) is 17.8 Å². The molecular formula is C58H90N8O10. The number of hydroxylamine groups is 4. The molecule has 5 rings (SSSR count). The van der Waals surface area contributed by atoms with Crippen molar-refractivity contribution in [3.8, 4) is 0 Å². The molecule has 5 atom stereocenters. The number of nitrogens with zero attached hydrogens (tertiary/aromatic N) is 3. The third-order valence-electron chi connectivity index (χ3n) is 14.9. The van der Waals surface area contributed by atoms with E-state index in [0.29, 0.717) is 64.3 Å². The van der Waals surface area contributed by atoms with Crippen molar-refractivity contribution in [1.29, 1.82) is 0 Å². The molecule has 2 aromatic rings. The monoisotopic (exact) mass is 1060 g/mol. The third kappa shape index (κ3) is 17.5. The lowest BCUT2D eigenvalue weighted by Gasteiger charge is -2.51. The molecule has 3 saturated heterocycles. The number of carbonyl (C=O) groups is 6. The van der Waals surface area contributed by atoms with Gasteiger partial charge in [0, 0.05) is 54.1 Å². The summed E-state index contributed by atoms with van der Waals surface area (Å²) < 4.78 is 11.3. The standard InChI is InChI=1S/C58H90N8O10/c1-38(2)31-43(61-54(72)76-45-35-57(9,10)66(74)58(11,12)36-45)28-27-42(32-40-21-15-13-16-22-40)52(70)64-30-20-26-47(64)50(68)63-48(39(3)4)51(69)62-46(25-19-29-59-53(71)75-37-41-23-17-14-18-24-41)49(67)60-44-33-55(5,6)65(73)56(7,8)34-44/h13-18,21-24,27-28,38-39,42-48,73-74H,19-20,25-26,29-37H2,1-12H3,(H,59,71)(H,60,67)(H,61,72)(H,62,69)(H,63,68)/b28-27+/t42-,43-,46+,47+,48+/m1/s1. The Bertz CT molecular complexity index is 2250. The van der Waals surface area contributed by atoms with Gasteiger partial charge in [-0.2, -0.15) is 10.1 Å². The van der Waals surface area contributed by atoms with Gasteiger partial charge in [0.2, 0.25) is 23.6 Å². The van der Waals surface area contributed by atoms with Crippen molar-refractivity contribution in [3.05, 3.63) is 83.9 Å². The largest absolute Gasteiger partial charge is 0.446 e. The molecular weight excluding hydrogens is 969 g/mol. The molecule has 7 N–H and O–H groups in total. The Kier molecular flexibility index (Phi) is 21.5. The molecule has 18 heteroatoms. The molecule has 0 aliphatic carbocycles. The Morgan fingerprint density at radius 3 is 1.84 bits per heavy atom. The lowest BCUT2D eigenvalue weighted by atomic mass is 9.79. The van der Waals surface area contributed by atoms with Crippen molar-refractivity contribution in [3.63, 3.8) is 0 Å². The molecule has 2 aromatic carbocycles. The summed E-state index contributed by atoms with van der Waals surface area (Å²) in [6, 6.07) is 15.1. The number of hydrogen-bond donors (Lipinski definition) is 7. The van der Waals surface area contributed by atoms with E-state index in [9.17, 15) is 39.2 Å². The van der Waals surface area contributed by atoms with Crippen molar-refractivity contribution in [1.82, 2.24) is 41.6 Å². The minimum Gasteiger partial charge on any atom is -0.446 e. The first kappa shape index (κ1) is 61.3. The maximum atomic E-state index is 14.8. The summed E-state index contributed by atoms with van der Waals surface area (Å²) in [4.78, 5) is 85.5. The predicted octanol–water partition coefficient (Wildman–Crippen LogP) is 7.80. The quantitative estimate of drug-likeness (QED) is 0.0443. The van der Waals surface area contributed by atoms with Crippen molar-refractivity contribution >= 4 is 35.8 Å². The van der Waals surface area contributed by atoms with Crippen molar-refractivity contribution in [2.24, 2.45) is 17.8 Å². The normalized spacial score (nSPS) is 21.3. The van der Waals surface area contributed by atoms with Gasteiger partial charge in [-0.05, 0) is 130 Å². The molecule has 6 amide bonds. The van der Waals surface area contributed by atoms with Crippen molar-refractivity contribution < 1.29 is 48.7 Å². The zero-order chi connectivity index (χ0) is 56.2. The second-order valence-electron chi connectivity index (χ2n) is 24.6. The highest BCUT2D eigenvalue weighted by Crippen LogP contribution is 2.39. The van der Waals surface area contributed by atoms with Gasteiger partial charge in [0.15, 0.2) is 0 Å². The zero-order valence-corrected chi connectivity index (χ0v) is 47.3. The molecule has 76 heavy (non-hydrogen) atoms. The molecule has 3 heterocycles. The van der Waals surface area contributed by atoms with E-state index in [0.717, 1.165) is 11.1 Å². The zero-order valence-electron chi connectivity index (χ0n) is 47.3. The maximum absolute atomic E-state index is 14.8. The van der Waals surface area contributed by atoms with Gasteiger partial charge in [-0.3, -0.25) is 19.2 Å². The van der Waals surface area contributed by atoms with E-state index in [2.05, 4.69) is 26.6 Å². The Hall–Kier alpha value is -5.56. The highest BCUT2D eigenvalue weighted by Gasteiger charge is 2.48. The predicted molar refractivity (Wildman–Crippen MR) is 291 cm³/mol. The summed E-state index contributed by atoms with van der Waals surface area (Å²) >= 11 is 0. The lowest BCUT2D eigenvalue weighted by molar-refractivity contribution is -0.256. The molecule has 3 fully saturated rings. The number of alkyl carbamates (subject to hydrolysis) is 2. The number of likely N-dealkylation sites (tertiary alicyclic amines) is 1. The number of ether oxygens (including phenoxy) is 2. The van der Waals surface area contributed by atoms with Crippen molar-refractivity contribution in [2.45, 2.75) is 212 Å². The number of hydrogen-bond acceptors (Lipinski definition) is 12. The van der Waals surface area contributed by atoms with Crippen LogP contribution < -0.4 is 26.6 Å². The molecule has 0 radical (unpaired) electrons. The first-order valence-electron chi connectivity index (χ1n) is 27.4. The summed E-state index contributed by atoms with van der Waals surface area (Å²) in [6.45, 7) is 23.5. The van der Waals surface area contributed by atoms with Crippen LogP contribution in [0.15, 0.2) is 72.8 Å². The van der Waals surface area contributed by atoms with Gasteiger partial charge in [-0.15, -0.1) is 0 Å². The van der Waals surface area contributed by atoms with E-state index in [1.165, 1.54) is 10.1 Å². The van der Waals surface area contributed by atoms with Crippen LogP contribution in [0.3, 0.4) is 0 Å². The first-order chi connectivity index (χ1) is 35.6. The maximum Gasteiger partial charge on any atom is 0.407 e. The average molecular weight is 1060 g/mol. The van der Waals surface area contributed by atoms with E-state index in [1.54, 1.807) is 18.7 Å². The number of piperidine rings is 2. The van der Waals surface area contributed by atoms with Crippen LogP contribution in [0.5, 0.6) is 0 Å². The van der Waals surface area contributed by atoms with Crippen LogP contribution in [0.25, 0.3) is 0 Å². The SMILES string of the molecule is CC(C)C[C@@H](/C=C/[C@H](Cc1ccccc1)C(=O)N1CCC[C@H]1C(=O)N[C@H](C(=O)N[C@@H](CCCNC(=O)OCc1ccccc1)C(=O)NC1CC(C)(C)N(O)C(C)(C)C1)C(C)C)NC(=O)OC1CC(C)(C)N(O)C(C)(C)C1. The highest BCUT2D eigenvalue weighted by atomic mass is 16.6. The van der Waals surface area contributed by atoms with Gasteiger partial charge in [-0.1, -0.05) is 101 Å². The molecule has 3 aliphatic rings. The van der Waals surface area contributed by atoms with Gasteiger partial charge in [0.1, 0.15) is 30.8 Å². The second-order valence-corrected chi connectivity index (χ2v) is 24.6. The summed E-state index contributed by atoms with van der Waals surface area (Å²) in [6.07, 6.45) is 6.14. The lowest BCUT2D eigenvalue weighted by Crippen LogP contribution is -2.64. The molecule has 3 aliphatic heterocycles. The Morgan fingerprint density at radius 2 is 1.28 bits per heavy atom. The molecule has 18 nitrogen and oxygen atoms in total. The summed E-state index contributed by atoms with van der Waals surface area (Å²) in [5, 5.41) is 39.2. The molecule has 0 spiro atoms. The fraction of sp³-hybridized carbons (Fsp3) is 0.655. The Labute approximate surface area is 451 Å². The molecule has 0 bridgehead atoms. The minimum absolute atomic E-state index is 0.0925. The fourth-order valence-corrected chi connectivity index (χ4v) is 11.4. The van der Waals surface area contributed by atoms with Gasteiger partial charge >= 0.3 is 12.2 Å². The van der Waals surface area contributed by atoms with Gasteiger partial charge < -0.3 is 51.4 Å². The second kappa shape index (κ2) is 26.7. The molecule has 0 saturated carbocycles. The third-order valence-corrected chi connectivity index (χ3v) is 14.9. The number of amides is 6. The van der Waals surface area contributed by atoms with Gasteiger partial charge in [0.25, 0.3) is 0 Å². The first-order valence-corrected chi connectivity index (χ1v) is 27.4. The van der Waals surface area contributed by atoms with E-state index < -0.39 is 94.2 Å². The number of rotatable bonds is 22. The summed E-state index contributed by atoms with van der Waals surface area (Å²) in [7, 11) is 0. The van der Waals surface area contributed by atoms with Gasteiger partial charge in [-0.25, -0.2) is 9.59 Å². The Balaban J connectivity index is 1.29. The average Bonchev–Trinajstić information content (AvgIpc) is 3.83. The molecule has 0 aromatic heterocycles. The fourth-order valence-electron chi connectivity index (χ4n) is 11.4. The van der Waals surface area contributed by atoms with E-state index in [4.69, 9.17) is 9.47 Å². The summed E-state index contributed by atoms with van der Waals surface area (Å²) in [5.74, 6) is -2.69. The molecule has 422 valence electrons. The van der Waals surface area contributed by atoms with Crippen LogP contribution in [0.1, 0.15) is 152 Å². The van der Waals surface area contributed by atoms with E-state index in [-0.39, 0.29) is 37.4 Å². The number of nitrogens with one attached hydrogen (secondary N) is 5. The van der Waals surface area contributed by atoms with Crippen LogP contribution in [0.4, 0.5) is 9.59 Å². The minimum atomic E-state index is -1.07. The molecule has 0 unspecified atom stereocenters. The van der Waals surface area contributed by atoms with Crippen molar-refractivity contribution in [2.75, 3.05) is 13.1 Å². The van der Waals surface area contributed by atoms with E-state index >= 15 is 0 Å². The Morgan fingerprint density at radius 1 is 0.711 bits per heavy atom. The summed E-state index contributed by atoms with van der Waals surface area (Å²) in [5.41, 5.74) is -0.772. The number of carbonyl (C=O) groups excluding carboxylic acids is 6. The number of benzene rings is 2. The smallest absolute Gasteiger partial charge is 0.407 e. The highest BCUT2D eigenvalue weighted by molar-refractivity contribution is 5.95. The van der Waals surface area contributed by atoms with E-state index in [1.807, 2.05) is 142 Å². The van der Waals surface area contributed by atoms with Crippen LogP contribution in [-0.4, -0.2) is 133 Å². The van der Waals surface area contributed by atoms with Crippen LogP contribution in [0.2, 0.25) is 0 Å². The topological polar surface area (TPSA) is 231 Å². The van der Waals surface area contributed by atoms with Gasteiger partial charge in [0.05, 0.1) is 12.0 Å². The van der Waals surface area contributed by atoms with Crippen LogP contribution in [-0.2, 0) is 41.7 Å².